The number of thioether (sulfide) groups is 1. The summed E-state index contributed by atoms with van der Waals surface area (Å²) in [6.07, 6.45) is 0. The molecule has 132 valence electrons. The van der Waals surface area contributed by atoms with Crippen molar-refractivity contribution in [2.45, 2.75) is 46.4 Å². The van der Waals surface area contributed by atoms with Gasteiger partial charge in [0.1, 0.15) is 0 Å². The van der Waals surface area contributed by atoms with Crippen LogP contribution in [0.2, 0.25) is 0 Å². The smallest absolute Gasteiger partial charge is 0.194 e. The highest BCUT2D eigenvalue weighted by Crippen LogP contribution is 2.25. The van der Waals surface area contributed by atoms with E-state index in [0.717, 1.165) is 42.8 Å². The molecule has 1 aliphatic rings. The minimum Gasteiger partial charge on any atom is -0.357 e. The maximum absolute atomic E-state index is 4.87. The molecule has 0 spiro atoms. The highest BCUT2D eigenvalue weighted by Gasteiger charge is 2.24. The van der Waals surface area contributed by atoms with Crippen molar-refractivity contribution in [2.75, 3.05) is 25.4 Å². The van der Waals surface area contributed by atoms with Crippen LogP contribution >= 0.6 is 47.1 Å². The lowest BCUT2D eigenvalue weighted by Gasteiger charge is -2.36. The molecule has 4 nitrogen and oxygen atoms in total. The quantitative estimate of drug-likeness (QED) is 0.413. The van der Waals surface area contributed by atoms with Crippen molar-refractivity contribution in [1.82, 2.24) is 15.2 Å². The third-order valence-corrected chi connectivity index (χ3v) is 6.44. The van der Waals surface area contributed by atoms with Crippen LogP contribution in [0.25, 0.3) is 0 Å². The molecule has 7 heteroatoms. The van der Waals surface area contributed by atoms with Crippen LogP contribution in [0.4, 0.5) is 0 Å². The molecule has 23 heavy (non-hydrogen) atoms. The van der Waals surface area contributed by atoms with E-state index in [-0.39, 0.29) is 24.0 Å². The number of nitrogens with one attached hydrogen (secondary N) is 1. The van der Waals surface area contributed by atoms with Crippen molar-refractivity contribution < 1.29 is 0 Å². The van der Waals surface area contributed by atoms with Crippen molar-refractivity contribution in [2.24, 2.45) is 10.9 Å². The third-order valence-electron chi connectivity index (χ3n) is 3.84. The van der Waals surface area contributed by atoms with Gasteiger partial charge in [0.25, 0.3) is 0 Å². The van der Waals surface area contributed by atoms with Crippen molar-refractivity contribution >= 4 is 53.0 Å². The second-order valence-corrected chi connectivity index (χ2v) is 8.65. The summed E-state index contributed by atoms with van der Waals surface area (Å²) in [4.78, 5) is 13.1. The Morgan fingerprint density at radius 1 is 1.43 bits per heavy atom. The minimum atomic E-state index is 0. The molecule has 0 amide bonds. The molecule has 1 atom stereocenters. The Labute approximate surface area is 166 Å². The molecule has 0 radical (unpaired) electrons. The van der Waals surface area contributed by atoms with Gasteiger partial charge in [-0.25, -0.2) is 9.98 Å². The molecule has 0 aliphatic carbocycles. The number of halogens is 1. The zero-order chi connectivity index (χ0) is 16.1. The summed E-state index contributed by atoms with van der Waals surface area (Å²) < 4.78 is 0. The molecule has 2 heterocycles. The van der Waals surface area contributed by atoms with Crippen LogP contribution in [0.1, 0.15) is 36.3 Å². The Hall–Kier alpha value is -0.0200. The molecule has 0 saturated carbocycles. The molecule has 1 aromatic heterocycles. The van der Waals surface area contributed by atoms with Gasteiger partial charge in [0.2, 0.25) is 0 Å². The Bertz CT molecular complexity index is 516. The van der Waals surface area contributed by atoms with E-state index in [0.29, 0.717) is 11.2 Å². The normalized spacial score (nSPS) is 19.0. The van der Waals surface area contributed by atoms with E-state index >= 15 is 0 Å². The summed E-state index contributed by atoms with van der Waals surface area (Å²) >= 11 is 3.86. The Morgan fingerprint density at radius 2 is 2.17 bits per heavy atom. The molecular weight excluding hydrogens is 439 g/mol. The van der Waals surface area contributed by atoms with Gasteiger partial charge < -0.3 is 10.2 Å². The van der Waals surface area contributed by atoms with Gasteiger partial charge in [-0.3, -0.25) is 0 Å². The number of aliphatic imine (C=N–C) groups is 1. The van der Waals surface area contributed by atoms with Gasteiger partial charge in [-0.15, -0.1) is 35.3 Å². The van der Waals surface area contributed by atoms with Crippen molar-refractivity contribution in [1.29, 1.82) is 0 Å². The molecule has 1 unspecified atom stereocenters. The topological polar surface area (TPSA) is 40.5 Å². The van der Waals surface area contributed by atoms with Gasteiger partial charge in [-0.2, -0.15) is 11.8 Å². The first-order chi connectivity index (χ1) is 10.5. The average molecular weight is 468 g/mol. The second kappa shape index (κ2) is 10.1. The number of nitrogens with zero attached hydrogens (tertiary/aromatic N) is 3. The zero-order valence-corrected chi connectivity index (χ0v) is 18.7. The maximum Gasteiger partial charge on any atom is 0.194 e. The number of aryl methyl sites for hydroxylation is 2. The number of rotatable bonds is 4. The van der Waals surface area contributed by atoms with Gasteiger partial charge in [0.15, 0.2) is 5.96 Å². The largest absolute Gasteiger partial charge is 0.357 e. The molecule has 1 fully saturated rings. The molecule has 1 aromatic rings. The van der Waals surface area contributed by atoms with Gasteiger partial charge in [-0.1, -0.05) is 13.8 Å². The lowest BCUT2D eigenvalue weighted by Crippen LogP contribution is -2.49. The number of hydrogen-bond donors (Lipinski definition) is 1. The summed E-state index contributed by atoms with van der Waals surface area (Å²) in [5.74, 6) is 2.95. The first-order valence-corrected chi connectivity index (χ1v) is 9.95. The van der Waals surface area contributed by atoms with Crippen LogP contribution in [0.15, 0.2) is 4.99 Å². The molecule has 0 bridgehead atoms. The summed E-state index contributed by atoms with van der Waals surface area (Å²) in [6, 6.07) is 0. The predicted octanol–water partition coefficient (Wildman–Crippen LogP) is 3.92. The monoisotopic (exact) mass is 468 g/mol. The fourth-order valence-corrected chi connectivity index (χ4v) is 4.72. The first kappa shape index (κ1) is 21.0. The second-order valence-electron chi connectivity index (χ2n) is 6.01. The Morgan fingerprint density at radius 3 is 2.74 bits per heavy atom. The van der Waals surface area contributed by atoms with Gasteiger partial charge in [0, 0.05) is 35.5 Å². The number of hydrogen-bond acceptors (Lipinski definition) is 4. The van der Waals surface area contributed by atoms with Gasteiger partial charge in [-0.05, 0) is 26.7 Å². The number of aromatic nitrogens is 1. The summed E-state index contributed by atoms with van der Waals surface area (Å²) in [5.41, 5.74) is 1.12. The summed E-state index contributed by atoms with van der Waals surface area (Å²) in [5, 5.41) is 5.29. The Kier molecular flexibility index (Phi) is 9.21. The zero-order valence-electron chi connectivity index (χ0n) is 14.8. The molecular formula is C16H29IN4S2. The van der Waals surface area contributed by atoms with Crippen LogP contribution in [-0.4, -0.2) is 46.5 Å². The number of thiazole rings is 1. The standard InChI is InChI=1S/C16H28N4S2.HI/c1-6-17-16(18-9-14-12(4)19-13(5)22-14)20-7-8-21-15(10-20)11(2)3;/h11,15H,6-10H2,1-5H3,(H,17,18);1H. The molecule has 1 N–H and O–H groups in total. The molecule has 0 aromatic carbocycles. The van der Waals surface area contributed by atoms with E-state index in [9.17, 15) is 0 Å². The van der Waals surface area contributed by atoms with E-state index < -0.39 is 0 Å². The van der Waals surface area contributed by atoms with Gasteiger partial charge in [0.05, 0.1) is 17.2 Å². The number of guanidine groups is 1. The van der Waals surface area contributed by atoms with Crippen LogP contribution in [0.3, 0.4) is 0 Å². The van der Waals surface area contributed by atoms with Crippen LogP contribution in [0, 0.1) is 19.8 Å². The van der Waals surface area contributed by atoms with E-state index in [1.165, 1.54) is 10.6 Å². The van der Waals surface area contributed by atoms with Gasteiger partial charge >= 0.3 is 0 Å². The fourth-order valence-electron chi connectivity index (χ4n) is 2.56. The lowest BCUT2D eigenvalue weighted by molar-refractivity contribution is 0.381. The highest BCUT2D eigenvalue weighted by molar-refractivity contribution is 14.0. The predicted molar refractivity (Wildman–Crippen MR) is 114 cm³/mol. The lowest BCUT2D eigenvalue weighted by atomic mass is 10.1. The van der Waals surface area contributed by atoms with E-state index in [4.69, 9.17) is 4.99 Å². The Balaban J connectivity index is 0.00000264. The van der Waals surface area contributed by atoms with E-state index in [1.54, 1.807) is 11.3 Å². The summed E-state index contributed by atoms with van der Waals surface area (Å²) in [6.45, 7) is 14.7. The summed E-state index contributed by atoms with van der Waals surface area (Å²) in [7, 11) is 0. The molecule has 2 rings (SSSR count). The van der Waals surface area contributed by atoms with Crippen molar-refractivity contribution in [3.8, 4) is 0 Å². The SMILES string of the molecule is CCNC(=NCc1sc(C)nc1C)N1CCSC(C(C)C)C1.I. The van der Waals surface area contributed by atoms with E-state index in [1.807, 2.05) is 0 Å². The van der Waals surface area contributed by atoms with Crippen LogP contribution in [-0.2, 0) is 6.54 Å². The van der Waals surface area contributed by atoms with E-state index in [2.05, 4.69) is 61.6 Å². The van der Waals surface area contributed by atoms with Crippen molar-refractivity contribution in [3.63, 3.8) is 0 Å². The molecule has 1 saturated heterocycles. The maximum atomic E-state index is 4.87. The fraction of sp³-hybridized carbons (Fsp3) is 0.750. The highest BCUT2D eigenvalue weighted by atomic mass is 127. The third kappa shape index (κ3) is 6.08. The minimum absolute atomic E-state index is 0. The average Bonchev–Trinajstić information content (AvgIpc) is 2.81. The van der Waals surface area contributed by atoms with Crippen LogP contribution < -0.4 is 5.32 Å². The first-order valence-electron chi connectivity index (χ1n) is 8.09. The van der Waals surface area contributed by atoms with Crippen molar-refractivity contribution in [3.05, 3.63) is 15.6 Å². The van der Waals surface area contributed by atoms with Crippen LogP contribution in [0.5, 0.6) is 0 Å². The molecule has 1 aliphatic heterocycles.